The highest BCUT2D eigenvalue weighted by Gasteiger charge is 2.30. The van der Waals surface area contributed by atoms with Gasteiger partial charge in [-0.05, 0) is 55.5 Å². The number of aromatic nitrogens is 3. The number of halogens is 3. The maximum Gasteiger partial charge on any atom is 0.416 e. The Morgan fingerprint density at radius 3 is 2.67 bits per heavy atom. The van der Waals surface area contributed by atoms with E-state index in [1.54, 1.807) is 16.9 Å². The molecule has 0 aliphatic rings. The van der Waals surface area contributed by atoms with Gasteiger partial charge in [0.05, 0.1) is 29.1 Å². The number of hydrogen-bond donors (Lipinski definition) is 1. The van der Waals surface area contributed by atoms with Gasteiger partial charge in [-0.25, -0.2) is 9.50 Å². The number of amides is 1. The summed E-state index contributed by atoms with van der Waals surface area (Å²) in [5.41, 5.74) is 1.63. The summed E-state index contributed by atoms with van der Waals surface area (Å²) in [7, 11) is 0. The third-order valence-corrected chi connectivity index (χ3v) is 5.62. The molecule has 0 unspecified atom stereocenters. The fraction of sp³-hybridized carbons (Fsp3) is 0.174. The van der Waals surface area contributed by atoms with Crippen molar-refractivity contribution in [2.24, 2.45) is 0 Å². The van der Waals surface area contributed by atoms with Crippen molar-refractivity contribution in [3.05, 3.63) is 72.6 Å². The molecule has 4 aromatic rings. The standard InChI is InChI=1S/C23H19F3N4O2S/c1-2-32-18-8-6-15(7-9-18)19-13-20-22(27-10-11-30(20)29-19)33-14-21(31)28-17-5-3-4-16(12-17)23(24,25)26/h3-13H,2,14H2,1H3,(H,28,31). The molecule has 0 spiro atoms. The van der Waals surface area contributed by atoms with Crippen LogP contribution >= 0.6 is 11.8 Å². The summed E-state index contributed by atoms with van der Waals surface area (Å²) in [6, 6.07) is 14.0. The van der Waals surface area contributed by atoms with Gasteiger partial charge in [0.25, 0.3) is 0 Å². The van der Waals surface area contributed by atoms with Crippen LogP contribution in [-0.4, -0.2) is 32.9 Å². The number of fused-ring (bicyclic) bond motifs is 1. The fourth-order valence-electron chi connectivity index (χ4n) is 3.14. The van der Waals surface area contributed by atoms with Crippen molar-refractivity contribution in [1.82, 2.24) is 14.6 Å². The van der Waals surface area contributed by atoms with Crippen LogP contribution in [0.15, 0.2) is 72.0 Å². The van der Waals surface area contributed by atoms with Crippen molar-refractivity contribution < 1.29 is 22.7 Å². The minimum Gasteiger partial charge on any atom is -0.494 e. The van der Waals surface area contributed by atoms with E-state index in [4.69, 9.17) is 4.74 Å². The summed E-state index contributed by atoms with van der Waals surface area (Å²) in [5, 5.41) is 7.64. The summed E-state index contributed by atoms with van der Waals surface area (Å²) in [6.45, 7) is 2.50. The number of benzene rings is 2. The number of carbonyl (C=O) groups excluding carboxylic acids is 1. The van der Waals surface area contributed by atoms with Crippen molar-refractivity contribution >= 4 is 28.9 Å². The topological polar surface area (TPSA) is 68.5 Å². The first-order valence-corrected chi connectivity index (χ1v) is 11.0. The largest absolute Gasteiger partial charge is 0.494 e. The van der Waals surface area contributed by atoms with Crippen LogP contribution in [0.2, 0.25) is 0 Å². The van der Waals surface area contributed by atoms with Gasteiger partial charge in [-0.2, -0.15) is 18.3 Å². The summed E-state index contributed by atoms with van der Waals surface area (Å²) < 4.78 is 45.7. The van der Waals surface area contributed by atoms with Crippen molar-refractivity contribution in [1.29, 1.82) is 0 Å². The molecule has 0 bridgehead atoms. The lowest BCUT2D eigenvalue weighted by atomic mass is 10.1. The Bertz CT molecular complexity index is 1270. The van der Waals surface area contributed by atoms with E-state index < -0.39 is 17.6 Å². The average molecular weight is 472 g/mol. The first-order chi connectivity index (χ1) is 15.8. The second kappa shape index (κ2) is 9.53. The molecule has 2 aromatic heterocycles. The van der Waals surface area contributed by atoms with Crippen LogP contribution in [0.5, 0.6) is 5.75 Å². The number of thioether (sulfide) groups is 1. The highest BCUT2D eigenvalue weighted by Crippen LogP contribution is 2.31. The molecule has 170 valence electrons. The molecule has 6 nitrogen and oxygen atoms in total. The maximum absolute atomic E-state index is 12.9. The minimum absolute atomic E-state index is 0.0213. The Morgan fingerprint density at radius 1 is 1.15 bits per heavy atom. The van der Waals surface area contributed by atoms with Crippen molar-refractivity contribution in [2.45, 2.75) is 18.1 Å². The van der Waals surface area contributed by atoms with Gasteiger partial charge in [0.2, 0.25) is 5.91 Å². The second-order valence-electron chi connectivity index (χ2n) is 6.96. The highest BCUT2D eigenvalue weighted by atomic mass is 32.2. The fourth-order valence-corrected chi connectivity index (χ4v) is 3.92. The Kier molecular flexibility index (Phi) is 6.55. The quantitative estimate of drug-likeness (QED) is 0.358. The first-order valence-electron chi connectivity index (χ1n) is 10.0. The van der Waals surface area contributed by atoms with E-state index in [1.165, 1.54) is 23.9 Å². The van der Waals surface area contributed by atoms with Gasteiger partial charge in [0, 0.05) is 23.6 Å². The Hall–Kier alpha value is -3.53. The third kappa shape index (κ3) is 5.46. The molecule has 0 saturated carbocycles. The molecule has 0 fully saturated rings. The van der Waals surface area contributed by atoms with Crippen LogP contribution in [0.1, 0.15) is 12.5 Å². The predicted octanol–water partition coefficient (Wildman–Crippen LogP) is 5.54. The van der Waals surface area contributed by atoms with Crippen molar-refractivity contribution in [2.75, 3.05) is 17.7 Å². The summed E-state index contributed by atoms with van der Waals surface area (Å²) >= 11 is 1.18. The van der Waals surface area contributed by atoms with Crippen LogP contribution in [0.3, 0.4) is 0 Å². The van der Waals surface area contributed by atoms with Gasteiger partial charge in [-0.3, -0.25) is 4.79 Å². The van der Waals surface area contributed by atoms with Crippen LogP contribution in [0.25, 0.3) is 16.8 Å². The molecule has 10 heteroatoms. The molecule has 0 radical (unpaired) electrons. The number of alkyl halides is 3. The zero-order chi connectivity index (χ0) is 23.4. The molecule has 2 aromatic carbocycles. The number of anilines is 1. The predicted molar refractivity (Wildman–Crippen MR) is 120 cm³/mol. The molecule has 1 N–H and O–H groups in total. The van der Waals surface area contributed by atoms with E-state index in [-0.39, 0.29) is 11.4 Å². The smallest absolute Gasteiger partial charge is 0.416 e. The van der Waals surface area contributed by atoms with E-state index in [9.17, 15) is 18.0 Å². The normalized spacial score (nSPS) is 11.5. The highest BCUT2D eigenvalue weighted by molar-refractivity contribution is 8.00. The maximum atomic E-state index is 12.9. The Balaban J connectivity index is 1.46. The van der Waals surface area contributed by atoms with E-state index in [1.807, 2.05) is 37.3 Å². The van der Waals surface area contributed by atoms with Crippen molar-refractivity contribution in [3.8, 4) is 17.0 Å². The van der Waals surface area contributed by atoms with Crippen LogP contribution in [-0.2, 0) is 11.0 Å². The average Bonchev–Trinajstić information content (AvgIpc) is 3.23. The van der Waals surface area contributed by atoms with Crippen LogP contribution < -0.4 is 10.1 Å². The monoisotopic (exact) mass is 472 g/mol. The number of nitrogens with zero attached hydrogens (tertiary/aromatic N) is 3. The van der Waals surface area contributed by atoms with E-state index in [0.29, 0.717) is 11.6 Å². The summed E-state index contributed by atoms with van der Waals surface area (Å²) in [4.78, 5) is 16.7. The molecule has 33 heavy (non-hydrogen) atoms. The molecule has 0 aliphatic carbocycles. The van der Waals surface area contributed by atoms with Crippen LogP contribution in [0, 0.1) is 0 Å². The molecule has 0 saturated heterocycles. The Labute approximate surface area is 191 Å². The van der Waals surface area contributed by atoms with E-state index in [2.05, 4.69) is 15.4 Å². The van der Waals surface area contributed by atoms with E-state index >= 15 is 0 Å². The van der Waals surface area contributed by atoms with Gasteiger partial charge >= 0.3 is 6.18 Å². The number of rotatable bonds is 7. The molecule has 2 heterocycles. The minimum atomic E-state index is -4.47. The second-order valence-corrected chi connectivity index (χ2v) is 7.93. The van der Waals surface area contributed by atoms with Gasteiger partial charge in [-0.1, -0.05) is 17.8 Å². The zero-order valence-electron chi connectivity index (χ0n) is 17.5. The van der Waals surface area contributed by atoms with Gasteiger partial charge in [0.15, 0.2) is 0 Å². The van der Waals surface area contributed by atoms with Crippen LogP contribution in [0.4, 0.5) is 18.9 Å². The van der Waals surface area contributed by atoms with Gasteiger partial charge in [0.1, 0.15) is 10.8 Å². The summed E-state index contributed by atoms with van der Waals surface area (Å²) in [6.07, 6.45) is -1.19. The number of nitrogens with one attached hydrogen (secondary N) is 1. The number of hydrogen-bond acceptors (Lipinski definition) is 5. The molecule has 4 rings (SSSR count). The number of ether oxygens (including phenoxy) is 1. The first kappa shape index (κ1) is 22.7. The third-order valence-electron chi connectivity index (χ3n) is 4.63. The SMILES string of the molecule is CCOc1ccc(-c2cc3c(SCC(=O)Nc4cccc(C(F)(F)F)c4)nccn3n2)cc1. The lowest BCUT2D eigenvalue weighted by Crippen LogP contribution is -2.15. The number of carbonyl (C=O) groups is 1. The molecule has 1 amide bonds. The zero-order valence-corrected chi connectivity index (χ0v) is 18.3. The Morgan fingerprint density at radius 2 is 1.94 bits per heavy atom. The van der Waals surface area contributed by atoms with Crippen molar-refractivity contribution in [3.63, 3.8) is 0 Å². The van der Waals surface area contributed by atoms with Gasteiger partial charge in [-0.15, -0.1) is 0 Å². The molecule has 0 aliphatic heterocycles. The lowest BCUT2D eigenvalue weighted by molar-refractivity contribution is -0.137. The molecule has 0 atom stereocenters. The van der Waals surface area contributed by atoms with Gasteiger partial charge < -0.3 is 10.1 Å². The summed E-state index contributed by atoms with van der Waals surface area (Å²) in [5.74, 6) is 0.316. The molecular formula is C23H19F3N4O2S. The van der Waals surface area contributed by atoms with E-state index in [0.717, 1.165) is 34.7 Å². The molecular weight excluding hydrogens is 453 g/mol. The lowest BCUT2D eigenvalue weighted by Gasteiger charge is -2.09.